The number of anilines is 1. The van der Waals surface area contributed by atoms with E-state index in [2.05, 4.69) is 41.5 Å². The maximum atomic E-state index is 14.9. The van der Waals surface area contributed by atoms with Crippen LogP contribution in [0.4, 0.5) is 5.69 Å². The second kappa shape index (κ2) is 17.3. The van der Waals surface area contributed by atoms with Gasteiger partial charge in [0.1, 0.15) is 11.5 Å². The number of carboxylic acid groups (broad SMARTS) is 1. The number of carbonyl (C=O) groups excluding carboxylic acids is 1. The van der Waals surface area contributed by atoms with Crippen molar-refractivity contribution < 1.29 is 41.7 Å². The van der Waals surface area contributed by atoms with Gasteiger partial charge in [-0.3, -0.25) is 4.79 Å². The summed E-state index contributed by atoms with van der Waals surface area (Å²) in [5.74, 6) is -0.923. The molecule has 1 amide bonds. The third kappa shape index (κ3) is 8.87. The van der Waals surface area contributed by atoms with Crippen LogP contribution in [-0.4, -0.2) is 83.3 Å². The molecule has 0 aliphatic carbocycles. The molecular weight excluding hydrogens is 737 g/mol. The van der Waals surface area contributed by atoms with Crippen molar-refractivity contribution >= 4 is 35.9 Å². The fourth-order valence-electron chi connectivity index (χ4n) is 8.67. The standard InChI is InChI=1S/C42H58N2O9SSi/c1-28(2)55(29(3)4,30(5)6)53-42(8)24-36(33-14-16-34(17-15-33)41(46)47)39(25-44(42)54(48,49)35-18-11-31(7)12-19-35)51-26-32-13-20-38-37(23-32)43(21-10-22-50-9)40(45)27-52-38/h11-20,23,28-30,36,39H,10,21-22,24-27H2,1-9H3,(H,46,47)/t36-,39+,42+/m1/s1. The summed E-state index contributed by atoms with van der Waals surface area (Å²) in [4.78, 5) is 26.6. The highest BCUT2D eigenvalue weighted by atomic mass is 32.2. The molecule has 1 saturated heterocycles. The first-order valence-corrected chi connectivity index (χ1v) is 22.8. The maximum absolute atomic E-state index is 14.9. The molecule has 2 heterocycles. The molecule has 1 fully saturated rings. The number of nitrogens with zero attached hydrogens (tertiary/aromatic N) is 2. The van der Waals surface area contributed by atoms with E-state index in [-0.39, 0.29) is 65.1 Å². The zero-order chi connectivity index (χ0) is 40.3. The van der Waals surface area contributed by atoms with Crippen molar-refractivity contribution in [3.05, 3.63) is 89.0 Å². The molecule has 5 rings (SSSR count). The first-order chi connectivity index (χ1) is 25.9. The molecule has 2 aliphatic rings. The van der Waals surface area contributed by atoms with Gasteiger partial charge in [-0.25, -0.2) is 13.2 Å². The van der Waals surface area contributed by atoms with E-state index in [1.54, 1.807) is 60.5 Å². The second-order valence-corrected chi connectivity index (χ2v) is 23.3. The van der Waals surface area contributed by atoms with Crippen LogP contribution in [0.25, 0.3) is 0 Å². The van der Waals surface area contributed by atoms with Gasteiger partial charge in [0.15, 0.2) is 6.61 Å². The fourth-order valence-corrected chi connectivity index (χ4v) is 16.1. The molecule has 300 valence electrons. The first-order valence-electron chi connectivity index (χ1n) is 19.2. The highest BCUT2D eigenvalue weighted by Crippen LogP contribution is 2.50. The Hall–Kier alpha value is -3.59. The molecule has 11 nitrogen and oxygen atoms in total. The third-order valence-corrected chi connectivity index (χ3v) is 19.6. The van der Waals surface area contributed by atoms with Gasteiger partial charge in [0.25, 0.3) is 5.91 Å². The van der Waals surface area contributed by atoms with Crippen molar-refractivity contribution in [3.63, 3.8) is 0 Å². The van der Waals surface area contributed by atoms with Crippen molar-refractivity contribution in [1.82, 2.24) is 4.31 Å². The predicted octanol–water partition coefficient (Wildman–Crippen LogP) is 8.13. The van der Waals surface area contributed by atoms with Crippen LogP contribution < -0.4 is 9.64 Å². The number of piperidine rings is 1. The second-order valence-electron chi connectivity index (χ2n) is 16.0. The quantitative estimate of drug-likeness (QED) is 0.113. The minimum absolute atomic E-state index is 0.00744. The number of rotatable bonds is 16. The fraction of sp³-hybridized carbons (Fsp3) is 0.524. The lowest BCUT2D eigenvalue weighted by atomic mass is 9.82. The lowest BCUT2D eigenvalue weighted by Crippen LogP contribution is -2.65. The van der Waals surface area contributed by atoms with Crippen LogP contribution in [0.15, 0.2) is 71.6 Å². The van der Waals surface area contributed by atoms with Gasteiger partial charge >= 0.3 is 5.97 Å². The minimum Gasteiger partial charge on any atom is -0.482 e. The Kier molecular flexibility index (Phi) is 13.4. The summed E-state index contributed by atoms with van der Waals surface area (Å²) in [6.45, 7) is 18.0. The summed E-state index contributed by atoms with van der Waals surface area (Å²) < 4.78 is 56.6. The Bertz CT molecular complexity index is 1900. The predicted molar refractivity (Wildman–Crippen MR) is 216 cm³/mol. The van der Waals surface area contributed by atoms with Gasteiger partial charge in [-0.1, -0.05) is 77.4 Å². The largest absolute Gasteiger partial charge is 0.482 e. The first kappa shape index (κ1) is 42.5. The van der Waals surface area contributed by atoms with Crippen LogP contribution in [0.2, 0.25) is 16.6 Å². The summed E-state index contributed by atoms with van der Waals surface area (Å²) in [7, 11) is -5.16. The van der Waals surface area contributed by atoms with Crippen LogP contribution in [0, 0.1) is 6.92 Å². The van der Waals surface area contributed by atoms with E-state index < -0.39 is 36.1 Å². The van der Waals surface area contributed by atoms with E-state index in [1.165, 1.54) is 4.31 Å². The van der Waals surface area contributed by atoms with E-state index >= 15 is 0 Å². The smallest absolute Gasteiger partial charge is 0.335 e. The molecule has 1 N–H and O–H groups in total. The highest BCUT2D eigenvalue weighted by Gasteiger charge is 2.57. The highest BCUT2D eigenvalue weighted by molar-refractivity contribution is 7.89. The van der Waals surface area contributed by atoms with Crippen LogP contribution in [0.1, 0.15) is 94.3 Å². The number of aromatic carboxylic acids is 1. The van der Waals surface area contributed by atoms with E-state index in [4.69, 9.17) is 18.6 Å². The zero-order valence-electron chi connectivity index (χ0n) is 33.7. The summed E-state index contributed by atoms with van der Waals surface area (Å²) in [6.07, 6.45) is 0.288. The topological polar surface area (TPSA) is 132 Å². The van der Waals surface area contributed by atoms with Gasteiger partial charge in [-0.15, -0.1) is 0 Å². The van der Waals surface area contributed by atoms with Gasteiger partial charge in [0.2, 0.25) is 18.3 Å². The molecule has 0 radical (unpaired) electrons. The van der Waals surface area contributed by atoms with Gasteiger partial charge < -0.3 is 28.6 Å². The summed E-state index contributed by atoms with van der Waals surface area (Å²) in [5.41, 5.74) is 2.67. The molecule has 0 unspecified atom stereocenters. The van der Waals surface area contributed by atoms with Crippen molar-refractivity contribution in [1.29, 1.82) is 0 Å². The Balaban J connectivity index is 1.59. The molecule has 0 spiro atoms. The van der Waals surface area contributed by atoms with Gasteiger partial charge in [0, 0.05) is 32.7 Å². The van der Waals surface area contributed by atoms with Gasteiger partial charge in [-0.05, 0) is 90.8 Å². The van der Waals surface area contributed by atoms with Crippen LogP contribution in [-0.2, 0) is 35.3 Å². The number of hydrogen-bond donors (Lipinski definition) is 1. The molecule has 0 saturated carbocycles. The number of sulfonamides is 1. The number of methoxy groups -OCH3 is 1. The Morgan fingerprint density at radius 1 is 0.982 bits per heavy atom. The number of carbonyl (C=O) groups is 2. The van der Waals surface area contributed by atoms with Gasteiger partial charge in [0.05, 0.1) is 28.9 Å². The van der Waals surface area contributed by atoms with Crippen molar-refractivity contribution in [2.45, 2.75) is 114 Å². The van der Waals surface area contributed by atoms with E-state index in [1.807, 2.05) is 32.0 Å². The maximum Gasteiger partial charge on any atom is 0.335 e. The van der Waals surface area contributed by atoms with Crippen LogP contribution in [0.5, 0.6) is 5.75 Å². The molecule has 13 heteroatoms. The molecule has 55 heavy (non-hydrogen) atoms. The van der Waals surface area contributed by atoms with E-state index in [0.29, 0.717) is 31.0 Å². The molecular formula is C42H58N2O9SSi. The Labute approximate surface area is 328 Å². The zero-order valence-corrected chi connectivity index (χ0v) is 35.5. The molecule has 0 aromatic heterocycles. The van der Waals surface area contributed by atoms with E-state index in [0.717, 1.165) is 16.7 Å². The van der Waals surface area contributed by atoms with Crippen molar-refractivity contribution in [2.24, 2.45) is 0 Å². The SMILES string of the molecule is COCCCN1C(=O)COc2ccc(CO[C@H]3CN(S(=O)(=O)c4ccc(C)cc4)[C@@](C)(O[Si](C(C)C)(C(C)C)C(C)C)C[C@@H]3c3ccc(C(=O)O)cc3)cc21. The third-order valence-electron chi connectivity index (χ3n) is 11.4. The average molecular weight is 795 g/mol. The normalized spacial score (nSPS) is 20.9. The van der Waals surface area contributed by atoms with Crippen molar-refractivity contribution in [3.8, 4) is 5.75 Å². The molecule has 2 aliphatic heterocycles. The number of carboxylic acids is 1. The number of amides is 1. The molecule has 3 aromatic carbocycles. The molecule has 0 bridgehead atoms. The number of aryl methyl sites for hydroxylation is 1. The number of hydrogen-bond acceptors (Lipinski definition) is 8. The van der Waals surface area contributed by atoms with Crippen LogP contribution >= 0.6 is 0 Å². The van der Waals surface area contributed by atoms with Crippen molar-refractivity contribution in [2.75, 3.05) is 38.3 Å². The summed E-state index contributed by atoms with van der Waals surface area (Å²) in [5, 5.41) is 9.69. The number of ether oxygens (including phenoxy) is 3. The monoisotopic (exact) mass is 794 g/mol. The average Bonchev–Trinajstić information content (AvgIpc) is 3.13. The minimum atomic E-state index is -4.11. The lowest BCUT2D eigenvalue weighted by molar-refractivity contribution is -0.121. The lowest BCUT2D eigenvalue weighted by Gasteiger charge is -2.55. The summed E-state index contributed by atoms with van der Waals surface area (Å²) >= 11 is 0. The molecule has 3 aromatic rings. The van der Waals surface area contributed by atoms with Crippen LogP contribution in [0.3, 0.4) is 0 Å². The Morgan fingerprint density at radius 2 is 1.62 bits per heavy atom. The van der Waals surface area contributed by atoms with E-state index in [9.17, 15) is 23.1 Å². The number of fused-ring (bicyclic) bond motifs is 1. The van der Waals surface area contributed by atoms with Gasteiger partial charge in [-0.2, -0.15) is 4.31 Å². The number of benzene rings is 3. The Morgan fingerprint density at radius 3 is 2.20 bits per heavy atom. The summed E-state index contributed by atoms with van der Waals surface area (Å²) in [6, 6.07) is 19.3. The molecule has 3 atom stereocenters.